The van der Waals surface area contributed by atoms with Gasteiger partial charge in [0.15, 0.2) is 0 Å². The van der Waals surface area contributed by atoms with Gasteiger partial charge in [0.25, 0.3) is 0 Å². The van der Waals surface area contributed by atoms with Crippen molar-refractivity contribution in [3.63, 3.8) is 0 Å². The van der Waals surface area contributed by atoms with Crippen LogP contribution in [-0.2, 0) is 24.3 Å². The van der Waals surface area contributed by atoms with Gasteiger partial charge in [-0.3, -0.25) is 4.79 Å². The summed E-state index contributed by atoms with van der Waals surface area (Å²) in [6.45, 7) is 7.21. The van der Waals surface area contributed by atoms with Crippen LogP contribution >= 0.6 is 0 Å². The SMILES string of the molecule is CCNC(=O)Cn1c2c(c3cc(C)ccc31)CN(C)CC2. The highest BCUT2D eigenvalue weighted by molar-refractivity contribution is 5.88. The molecule has 1 aliphatic heterocycles. The number of aromatic nitrogens is 1. The zero-order chi connectivity index (χ0) is 15.0. The van der Waals surface area contributed by atoms with Gasteiger partial charge >= 0.3 is 0 Å². The van der Waals surface area contributed by atoms with Crippen molar-refractivity contribution in [3.8, 4) is 0 Å². The van der Waals surface area contributed by atoms with E-state index in [9.17, 15) is 4.79 Å². The first-order chi connectivity index (χ1) is 10.1. The Kier molecular flexibility index (Phi) is 3.72. The van der Waals surface area contributed by atoms with Gasteiger partial charge in [-0.2, -0.15) is 0 Å². The van der Waals surface area contributed by atoms with Crippen LogP contribution in [0.3, 0.4) is 0 Å². The molecule has 0 radical (unpaired) electrons. The van der Waals surface area contributed by atoms with E-state index in [0.29, 0.717) is 13.1 Å². The molecule has 0 aliphatic carbocycles. The molecule has 112 valence electrons. The molecule has 2 aromatic rings. The number of carbonyl (C=O) groups excluding carboxylic acids is 1. The first-order valence-electron chi connectivity index (χ1n) is 7.66. The number of fused-ring (bicyclic) bond motifs is 3. The predicted molar refractivity (Wildman–Crippen MR) is 85.4 cm³/mol. The lowest BCUT2D eigenvalue weighted by Crippen LogP contribution is -2.30. The topological polar surface area (TPSA) is 37.3 Å². The molecule has 1 amide bonds. The van der Waals surface area contributed by atoms with Crippen molar-refractivity contribution in [3.05, 3.63) is 35.0 Å². The Morgan fingerprint density at radius 3 is 2.95 bits per heavy atom. The summed E-state index contributed by atoms with van der Waals surface area (Å²) in [6.07, 6.45) is 1.01. The second-order valence-electron chi connectivity index (χ2n) is 5.97. The molecule has 1 aromatic carbocycles. The van der Waals surface area contributed by atoms with E-state index in [1.165, 1.54) is 27.7 Å². The minimum absolute atomic E-state index is 0.0942. The number of carbonyl (C=O) groups is 1. The van der Waals surface area contributed by atoms with E-state index >= 15 is 0 Å². The number of rotatable bonds is 3. The highest BCUT2D eigenvalue weighted by Gasteiger charge is 2.23. The largest absolute Gasteiger partial charge is 0.355 e. The zero-order valence-corrected chi connectivity index (χ0v) is 13.1. The van der Waals surface area contributed by atoms with Gasteiger partial charge in [0.2, 0.25) is 5.91 Å². The summed E-state index contributed by atoms with van der Waals surface area (Å²) in [5, 5.41) is 4.21. The zero-order valence-electron chi connectivity index (χ0n) is 13.1. The molecule has 2 heterocycles. The molecular formula is C17H23N3O. The van der Waals surface area contributed by atoms with Crippen LogP contribution in [0.1, 0.15) is 23.7 Å². The second kappa shape index (κ2) is 5.53. The van der Waals surface area contributed by atoms with Crippen molar-refractivity contribution < 1.29 is 4.79 Å². The molecule has 3 rings (SSSR count). The van der Waals surface area contributed by atoms with Crippen LogP contribution in [0, 0.1) is 6.92 Å². The number of likely N-dealkylation sites (N-methyl/N-ethyl adjacent to an activating group) is 2. The Morgan fingerprint density at radius 2 is 2.19 bits per heavy atom. The minimum atomic E-state index is 0.0942. The number of amides is 1. The average molecular weight is 285 g/mol. The summed E-state index contributed by atoms with van der Waals surface area (Å²) in [5.74, 6) is 0.0942. The fourth-order valence-electron chi connectivity index (χ4n) is 3.28. The molecule has 0 fully saturated rings. The maximum absolute atomic E-state index is 12.0. The number of hydrogen-bond donors (Lipinski definition) is 1. The van der Waals surface area contributed by atoms with E-state index < -0.39 is 0 Å². The van der Waals surface area contributed by atoms with E-state index in [2.05, 4.69) is 47.0 Å². The molecule has 0 saturated carbocycles. The van der Waals surface area contributed by atoms with E-state index in [0.717, 1.165) is 19.5 Å². The molecule has 21 heavy (non-hydrogen) atoms. The Labute approximate surface area is 125 Å². The normalized spacial score (nSPS) is 15.2. The van der Waals surface area contributed by atoms with Crippen LogP contribution in [0.5, 0.6) is 0 Å². The first-order valence-corrected chi connectivity index (χ1v) is 7.66. The fraction of sp³-hybridized carbons (Fsp3) is 0.471. The minimum Gasteiger partial charge on any atom is -0.355 e. The van der Waals surface area contributed by atoms with Crippen molar-refractivity contribution in [1.29, 1.82) is 0 Å². The molecule has 0 saturated heterocycles. The summed E-state index contributed by atoms with van der Waals surface area (Å²) < 4.78 is 2.21. The molecule has 1 aliphatic rings. The molecule has 1 N–H and O–H groups in total. The maximum Gasteiger partial charge on any atom is 0.239 e. The number of benzene rings is 1. The van der Waals surface area contributed by atoms with Crippen molar-refractivity contribution >= 4 is 16.8 Å². The lowest BCUT2D eigenvalue weighted by Gasteiger charge is -2.24. The highest BCUT2D eigenvalue weighted by atomic mass is 16.1. The van der Waals surface area contributed by atoms with Crippen LogP contribution in [-0.4, -0.2) is 35.5 Å². The van der Waals surface area contributed by atoms with Crippen LogP contribution in [0.15, 0.2) is 18.2 Å². The van der Waals surface area contributed by atoms with Gasteiger partial charge in [0.1, 0.15) is 6.54 Å². The van der Waals surface area contributed by atoms with Crippen LogP contribution < -0.4 is 5.32 Å². The molecule has 0 atom stereocenters. The van der Waals surface area contributed by atoms with Gasteiger partial charge < -0.3 is 14.8 Å². The summed E-state index contributed by atoms with van der Waals surface area (Å²) >= 11 is 0. The molecule has 1 aromatic heterocycles. The lowest BCUT2D eigenvalue weighted by atomic mass is 10.0. The van der Waals surface area contributed by atoms with Gasteiger partial charge in [-0.1, -0.05) is 11.6 Å². The quantitative estimate of drug-likeness (QED) is 0.937. The van der Waals surface area contributed by atoms with E-state index in [-0.39, 0.29) is 5.91 Å². The fourth-order valence-corrected chi connectivity index (χ4v) is 3.28. The third-order valence-electron chi connectivity index (χ3n) is 4.28. The van der Waals surface area contributed by atoms with Gasteiger partial charge in [0, 0.05) is 42.7 Å². The van der Waals surface area contributed by atoms with Crippen LogP contribution in [0.25, 0.3) is 10.9 Å². The average Bonchev–Trinajstić information content (AvgIpc) is 2.72. The predicted octanol–water partition coefficient (Wildman–Crippen LogP) is 2.07. The summed E-state index contributed by atoms with van der Waals surface area (Å²) in [7, 11) is 2.16. The third kappa shape index (κ3) is 2.56. The smallest absolute Gasteiger partial charge is 0.239 e. The number of hydrogen-bond acceptors (Lipinski definition) is 2. The van der Waals surface area contributed by atoms with Gasteiger partial charge in [-0.15, -0.1) is 0 Å². The summed E-state index contributed by atoms with van der Waals surface area (Å²) in [6, 6.07) is 6.54. The first kappa shape index (κ1) is 14.1. The Morgan fingerprint density at radius 1 is 1.38 bits per heavy atom. The maximum atomic E-state index is 12.0. The lowest BCUT2D eigenvalue weighted by molar-refractivity contribution is -0.121. The van der Waals surface area contributed by atoms with Crippen molar-refractivity contribution in [1.82, 2.24) is 14.8 Å². The summed E-state index contributed by atoms with van der Waals surface area (Å²) in [4.78, 5) is 14.4. The summed E-state index contributed by atoms with van der Waals surface area (Å²) in [5.41, 5.74) is 5.19. The number of nitrogens with zero attached hydrogens (tertiary/aromatic N) is 2. The molecule has 4 nitrogen and oxygen atoms in total. The molecule has 0 unspecified atom stereocenters. The van der Waals surface area contributed by atoms with Gasteiger partial charge in [0.05, 0.1) is 0 Å². The number of nitrogens with one attached hydrogen (secondary N) is 1. The van der Waals surface area contributed by atoms with E-state index in [1.807, 2.05) is 6.92 Å². The van der Waals surface area contributed by atoms with Crippen molar-refractivity contribution in [2.75, 3.05) is 20.1 Å². The van der Waals surface area contributed by atoms with Crippen molar-refractivity contribution in [2.45, 2.75) is 33.4 Å². The molecule has 0 bridgehead atoms. The molecular weight excluding hydrogens is 262 g/mol. The Bertz CT molecular complexity index is 687. The second-order valence-corrected chi connectivity index (χ2v) is 5.97. The highest BCUT2D eigenvalue weighted by Crippen LogP contribution is 2.31. The molecule has 0 spiro atoms. The monoisotopic (exact) mass is 285 g/mol. The van der Waals surface area contributed by atoms with Gasteiger partial charge in [-0.05, 0) is 38.6 Å². The van der Waals surface area contributed by atoms with E-state index in [4.69, 9.17) is 0 Å². The van der Waals surface area contributed by atoms with Crippen molar-refractivity contribution in [2.24, 2.45) is 0 Å². The third-order valence-corrected chi connectivity index (χ3v) is 4.28. The van der Waals surface area contributed by atoms with Crippen LogP contribution in [0.2, 0.25) is 0 Å². The standard InChI is InChI=1S/C17H23N3O/c1-4-18-17(21)11-20-15-6-5-12(2)9-13(15)14-10-19(3)8-7-16(14)20/h5-6,9H,4,7-8,10-11H2,1-3H3,(H,18,21). The Hall–Kier alpha value is -1.81. The van der Waals surface area contributed by atoms with E-state index in [1.54, 1.807) is 0 Å². The van der Waals surface area contributed by atoms with Crippen LogP contribution in [0.4, 0.5) is 0 Å². The number of aryl methyl sites for hydroxylation is 1. The van der Waals surface area contributed by atoms with Gasteiger partial charge in [-0.25, -0.2) is 0 Å². The molecule has 4 heteroatoms. The Balaban J connectivity index is 2.12.